The van der Waals surface area contributed by atoms with Crippen molar-refractivity contribution in [2.24, 2.45) is 0 Å². The predicted octanol–water partition coefficient (Wildman–Crippen LogP) is 3.73. The van der Waals surface area contributed by atoms with Crippen LogP contribution >= 0.6 is 11.8 Å². The van der Waals surface area contributed by atoms with Crippen molar-refractivity contribution in [3.8, 4) is 17.1 Å². The van der Waals surface area contributed by atoms with E-state index < -0.39 is 0 Å². The number of thioether (sulfide) groups is 1. The lowest BCUT2D eigenvalue weighted by Gasteiger charge is -2.07. The third-order valence-corrected chi connectivity index (χ3v) is 4.39. The summed E-state index contributed by atoms with van der Waals surface area (Å²) in [5.41, 5.74) is 1.85. The third kappa shape index (κ3) is 3.51. The molecule has 7 heteroatoms. The Morgan fingerprint density at radius 3 is 2.71 bits per heavy atom. The van der Waals surface area contributed by atoms with Gasteiger partial charge in [-0.3, -0.25) is 4.57 Å². The second kappa shape index (κ2) is 7.35. The van der Waals surface area contributed by atoms with E-state index in [2.05, 4.69) is 21.9 Å². The molecular formula is C17H18N4O2S. The van der Waals surface area contributed by atoms with Crippen molar-refractivity contribution >= 4 is 11.8 Å². The molecule has 3 rings (SSSR count). The second-order valence-corrected chi connectivity index (χ2v) is 6.10. The van der Waals surface area contributed by atoms with Gasteiger partial charge in [-0.25, -0.2) is 0 Å². The van der Waals surface area contributed by atoms with Gasteiger partial charge in [0.2, 0.25) is 0 Å². The number of aromatic nitrogens is 4. The summed E-state index contributed by atoms with van der Waals surface area (Å²) in [6.07, 6.45) is 1.83. The Morgan fingerprint density at radius 2 is 2.08 bits per heavy atom. The number of nitrogens with zero attached hydrogens (tertiary/aromatic N) is 4. The molecule has 6 nitrogen and oxygen atoms in total. The second-order valence-electron chi connectivity index (χ2n) is 5.16. The van der Waals surface area contributed by atoms with Crippen LogP contribution in [-0.2, 0) is 12.3 Å². The molecule has 0 unspecified atom stereocenters. The van der Waals surface area contributed by atoms with Gasteiger partial charge in [-0.15, -0.1) is 16.8 Å². The van der Waals surface area contributed by atoms with E-state index in [0.29, 0.717) is 12.3 Å². The maximum atomic E-state index is 5.24. The van der Waals surface area contributed by atoms with E-state index in [1.54, 1.807) is 18.9 Å². The molecule has 0 amide bonds. The third-order valence-electron chi connectivity index (χ3n) is 3.40. The van der Waals surface area contributed by atoms with Gasteiger partial charge >= 0.3 is 0 Å². The monoisotopic (exact) mass is 342 g/mol. The van der Waals surface area contributed by atoms with E-state index in [-0.39, 0.29) is 0 Å². The zero-order valence-corrected chi connectivity index (χ0v) is 14.4. The van der Waals surface area contributed by atoms with E-state index in [9.17, 15) is 0 Å². The minimum Gasteiger partial charge on any atom is -0.497 e. The predicted molar refractivity (Wildman–Crippen MR) is 93.0 cm³/mol. The van der Waals surface area contributed by atoms with Crippen LogP contribution in [0.2, 0.25) is 0 Å². The largest absolute Gasteiger partial charge is 0.497 e. The molecule has 2 aromatic heterocycles. The highest BCUT2D eigenvalue weighted by Crippen LogP contribution is 2.27. The van der Waals surface area contributed by atoms with Crippen LogP contribution in [0.25, 0.3) is 11.4 Å². The fraction of sp³-hybridized carbons (Fsp3) is 0.235. The molecule has 1 aromatic carbocycles. The summed E-state index contributed by atoms with van der Waals surface area (Å²) < 4.78 is 12.5. The normalized spacial score (nSPS) is 10.8. The van der Waals surface area contributed by atoms with Gasteiger partial charge in [0.25, 0.3) is 0 Å². The number of rotatable bonds is 7. The Bertz CT molecular complexity index is 823. The van der Waals surface area contributed by atoms with E-state index in [4.69, 9.17) is 9.26 Å². The Balaban J connectivity index is 1.84. The summed E-state index contributed by atoms with van der Waals surface area (Å²) in [6, 6.07) is 9.68. The van der Waals surface area contributed by atoms with E-state index in [0.717, 1.165) is 33.7 Å². The van der Waals surface area contributed by atoms with Gasteiger partial charge in [-0.05, 0) is 31.2 Å². The number of methoxy groups -OCH3 is 1. The SMILES string of the molecule is C=CCn1c(SCc2cc(C)no2)nnc1-c1ccc(OC)cc1. The van der Waals surface area contributed by atoms with Crippen LogP contribution in [0.4, 0.5) is 0 Å². The molecule has 0 saturated heterocycles. The number of allylic oxidation sites excluding steroid dienone is 1. The number of hydrogen-bond acceptors (Lipinski definition) is 6. The minimum atomic E-state index is 0.631. The summed E-state index contributed by atoms with van der Waals surface area (Å²) in [6.45, 7) is 6.36. The molecule has 2 heterocycles. The molecule has 24 heavy (non-hydrogen) atoms. The highest BCUT2D eigenvalue weighted by atomic mass is 32.2. The van der Waals surface area contributed by atoms with Gasteiger partial charge in [0.1, 0.15) is 11.5 Å². The molecule has 3 aromatic rings. The van der Waals surface area contributed by atoms with Gasteiger partial charge in [0.05, 0.1) is 18.6 Å². The molecule has 0 spiro atoms. The smallest absolute Gasteiger partial charge is 0.192 e. The Kier molecular flexibility index (Phi) is 5.00. The van der Waals surface area contributed by atoms with Crippen molar-refractivity contribution in [3.05, 3.63) is 54.4 Å². The zero-order chi connectivity index (χ0) is 16.9. The van der Waals surface area contributed by atoms with Crippen LogP contribution in [0, 0.1) is 6.92 Å². The fourth-order valence-electron chi connectivity index (χ4n) is 2.26. The molecule has 0 aliphatic rings. The van der Waals surface area contributed by atoms with Crippen LogP contribution < -0.4 is 4.74 Å². The van der Waals surface area contributed by atoms with Crippen LogP contribution in [0.5, 0.6) is 5.75 Å². The van der Waals surface area contributed by atoms with Crippen molar-refractivity contribution in [3.63, 3.8) is 0 Å². The van der Waals surface area contributed by atoms with Crippen LogP contribution in [-0.4, -0.2) is 27.0 Å². The van der Waals surface area contributed by atoms with Gasteiger partial charge in [0.15, 0.2) is 11.0 Å². The molecule has 0 atom stereocenters. The Labute approximate surface area is 144 Å². The first kappa shape index (κ1) is 16.3. The molecule has 0 fully saturated rings. The lowest BCUT2D eigenvalue weighted by molar-refractivity contribution is 0.391. The molecule has 0 N–H and O–H groups in total. The first-order valence-electron chi connectivity index (χ1n) is 7.44. The van der Waals surface area contributed by atoms with Crippen molar-refractivity contribution < 1.29 is 9.26 Å². The quantitative estimate of drug-likeness (QED) is 0.481. The fourth-order valence-corrected chi connectivity index (χ4v) is 3.09. The lowest BCUT2D eigenvalue weighted by atomic mass is 10.2. The van der Waals surface area contributed by atoms with E-state index in [1.165, 1.54) is 0 Å². The van der Waals surface area contributed by atoms with Crippen molar-refractivity contribution in [1.29, 1.82) is 0 Å². The van der Waals surface area contributed by atoms with Gasteiger partial charge in [-0.1, -0.05) is 23.0 Å². The topological polar surface area (TPSA) is 66.0 Å². The van der Waals surface area contributed by atoms with Gasteiger partial charge in [-0.2, -0.15) is 0 Å². The van der Waals surface area contributed by atoms with Gasteiger partial charge < -0.3 is 9.26 Å². The average Bonchev–Trinajstić information content (AvgIpc) is 3.20. The first-order valence-corrected chi connectivity index (χ1v) is 8.43. The Morgan fingerprint density at radius 1 is 1.29 bits per heavy atom. The van der Waals surface area contributed by atoms with E-state index in [1.807, 2.05) is 47.9 Å². The van der Waals surface area contributed by atoms with Crippen LogP contribution in [0.15, 0.2) is 52.7 Å². The highest BCUT2D eigenvalue weighted by molar-refractivity contribution is 7.98. The molecule has 0 aliphatic heterocycles. The number of hydrogen-bond donors (Lipinski definition) is 0. The molecule has 0 bridgehead atoms. The van der Waals surface area contributed by atoms with Crippen molar-refractivity contribution in [1.82, 2.24) is 19.9 Å². The van der Waals surface area contributed by atoms with Crippen molar-refractivity contribution in [2.45, 2.75) is 24.4 Å². The van der Waals surface area contributed by atoms with Crippen LogP contribution in [0.1, 0.15) is 11.5 Å². The van der Waals surface area contributed by atoms with Crippen LogP contribution in [0.3, 0.4) is 0 Å². The summed E-state index contributed by atoms with van der Waals surface area (Å²) in [5.74, 6) is 3.08. The minimum absolute atomic E-state index is 0.631. The maximum Gasteiger partial charge on any atom is 0.192 e. The molecule has 0 aliphatic carbocycles. The van der Waals surface area contributed by atoms with Crippen molar-refractivity contribution in [2.75, 3.05) is 7.11 Å². The molecular weight excluding hydrogens is 324 g/mol. The standard InChI is InChI=1S/C17H18N4O2S/c1-4-9-21-16(13-5-7-14(22-3)8-6-13)18-19-17(21)24-11-15-10-12(2)20-23-15/h4-8,10H,1,9,11H2,2-3H3. The molecule has 124 valence electrons. The lowest BCUT2D eigenvalue weighted by Crippen LogP contribution is -2.00. The van der Waals surface area contributed by atoms with E-state index >= 15 is 0 Å². The molecule has 0 saturated carbocycles. The Hall–Kier alpha value is -2.54. The summed E-state index contributed by atoms with van der Waals surface area (Å²) >= 11 is 1.56. The molecule has 0 radical (unpaired) electrons. The number of ether oxygens (including phenoxy) is 1. The first-order chi connectivity index (χ1) is 11.7. The summed E-state index contributed by atoms with van der Waals surface area (Å²) in [4.78, 5) is 0. The maximum absolute atomic E-state index is 5.24. The number of benzene rings is 1. The zero-order valence-electron chi connectivity index (χ0n) is 13.6. The average molecular weight is 342 g/mol. The van der Waals surface area contributed by atoms with Gasteiger partial charge in [0, 0.05) is 18.2 Å². The summed E-state index contributed by atoms with van der Waals surface area (Å²) in [7, 11) is 1.65. The summed E-state index contributed by atoms with van der Waals surface area (Å²) in [5, 5.41) is 13.4. The highest BCUT2D eigenvalue weighted by Gasteiger charge is 2.14. The number of aryl methyl sites for hydroxylation is 1.